The number of halogens is 1. The van der Waals surface area contributed by atoms with Gasteiger partial charge in [0.25, 0.3) is 0 Å². The summed E-state index contributed by atoms with van der Waals surface area (Å²) in [6.07, 6.45) is 6.69. The molecule has 1 aromatic rings. The molecule has 1 aliphatic heterocycles. The van der Waals surface area contributed by atoms with Crippen LogP contribution in [0.3, 0.4) is 0 Å². The second kappa shape index (κ2) is 8.49. The van der Waals surface area contributed by atoms with E-state index in [4.69, 9.17) is 11.6 Å². The van der Waals surface area contributed by atoms with Crippen molar-refractivity contribution in [1.29, 1.82) is 0 Å². The van der Waals surface area contributed by atoms with E-state index in [-0.39, 0.29) is 17.7 Å². The molecule has 2 heterocycles. The molecule has 0 spiro atoms. The Kier molecular flexibility index (Phi) is 6.34. The Morgan fingerprint density at radius 2 is 1.88 bits per heavy atom. The topological polar surface area (TPSA) is 62.3 Å². The first-order valence-corrected chi connectivity index (χ1v) is 10.4. The predicted molar refractivity (Wildman–Crippen MR) is 99.8 cm³/mol. The van der Waals surface area contributed by atoms with E-state index in [9.17, 15) is 9.59 Å². The van der Waals surface area contributed by atoms with Gasteiger partial charge in [-0.05, 0) is 32.6 Å². The Morgan fingerprint density at radius 1 is 1.20 bits per heavy atom. The number of hydrogen-bond donors (Lipinski definition) is 1. The molecule has 2 aliphatic rings. The molecule has 1 aromatic heterocycles. The number of nitrogens with one attached hydrogen (secondary N) is 1. The van der Waals surface area contributed by atoms with Crippen molar-refractivity contribution in [1.82, 2.24) is 15.2 Å². The van der Waals surface area contributed by atoms with Gasteiger partial charge in [0, 0.05) is 37.9 Å². The first-order valence-electron chi connectivity index (χ1n) is 9.23. The standard InChI is InChI=1S/C18H26ClN3O2S/c1-12-16(19)25-15(21-12)6-9-20-17(23)13-7-10-22(11-8-13)18(24)14-4-2-3-5-14/h13-14H,2-11H2,1H3,(H,20,23). The zero-order valence-corrected chi connectivity index (χ0v) is 16.3. The van der Waals surface area contributed by atoms with Crippen molar-refractivity contribution in [3.63, 3.8) is 0 Å². The smallest absolute Gasteiger partial charge is 0.225 e. The van der Waals surface area contributed by atoms with Crippen LogP contribution in [-0.2, 0) is 16.0 Å². The number of thiazole rings is 1. The van der Waals surface area contributed by atoms with E-state index in [0.717, 1.165) is 40.7 Å². The monoisotopic (exact) mass is 383 g/mol. The van der Waals surface area contributed by atoms with Gasteiger partial charge in [0.15, 0.2) is 0 Å². The van der Waals surface area contributed by atoms with E-state index < -0.39 is 0 Å². The number of carbonyl (C=O) groups is 2. The summed E-state index contributed by atoms with van der Waals surface area (Å²) in [5.41, 5.74) is 0.854. The molecule has 2 fully saturated rings. The van der Waals surface area contributed by atoms with Crippen molar-refractivity contribution in [3.05, 3.63) is 15.0 Å². The number of aryl methyl sites for hydroxylation is 1. The van der Waals surface area contributed by atoms with Gasteiger partial charge in [0.1, 0.15) is 4.34 Å². The second-order valence-corrected chi connectivity index (χ2v) is 8.77. The maximum absolute atomic E-state index is 12.4. The Balaban J connectivity index is 1.38. The molecule has 0 unspecified atom stereocenters. The number of likely N-dealkylation sites (tertiary alicyclic amines) is 1. The highest BCUT2D eigenvalue weighted by Crippen LogP contribution is 2.28. The van der Waals surface area contributed by atoms with Crippen LogP contribution >= 0.6 is 22.9 Å². The number of aromatic nitrogens is 1. The van der Waals surface area contributed by atoms with Crippen LogP contribution in [0.4, 0.5) is 0 Å². The van der Waals surface area contributed by atoms with Crippen molar-refractivity contribution in [3.8, 4) is 0 Å². The number of piperidine rings is 1. The molecule has 7 heteroatoms. The SMILES string of the molecule is Cc1nc(CCNC(=O)C2CCN(C(=O)C3CCCC3)CC2)sc1Cl. The molecule has 0 aromatic carbocycles. The Morgan fingerprint density at radius 3 is 2.48 bits per heavy atom. The first kappa shape index (κ1) is 18.6. The van der Waals surface area contributed by atoms with Crippen LogP contribution in [0.15, 0.2) is 0 Å². The number of rotatable bonds is 5. The molecule has 1 aliphatic carbocycles. The number of amides is 2. The minimum atomic E-state index is 0.0225. The first-order chi connectivity index (χ1) is 12.0. The molecule has 138 valence electrons. The lowest BCUT2D eigenvalue weighted by Crippen LogP contribution is -2.45. The average Bonchev–Trinajstić information content (AvgIpc) is 3.25. The zero-order chi connectivity index (χ0) is 17.8. The molecule has 2 amide bonds. The molecule has 1 saturated heterocycles. The van der Waals surface area contributed by atoms with E-state index in [1.165, 1.54) is 24.2 Å². The molecule has 0 bridgehead atoms. The molecular formula is C18H26ClN3O2S. The van der Waals surface area contributed by atoms with Crippen molar-refractivity contribution in [2.75, 3.05) is 19.6 Å². The third-order valence-electron chi connectivity index (χ3n) is 5.30. The van der Waals surface area contributed by atoms with Gasteiger partial charge in [-0.3, -0.25) is 9.59 Å². The molecule has 1 N–H and O–H groups in total. The summed E-state index contributed by atoms with van der Waals surface area (Å²) >= 11 is 7.49. The van der Waals surface area contributed by atoms with E-state index in [1.54, 1.807) is 0 Å². The fourth-order valence-corrected chi connectivity index (χ4v) is 4.86. The molecule has 0 atom stereocenters. The van der Waals surface area contributed by atoms with Crippen LogP contribution in [0.25, 0.3) is 0 Å². The minimum Gasteiger partial charge on any atom is -0.355 e. The van der Waals surface area contributed by atoms with Crippen LogP contribution in [0.2, 0.25) is 4.34 Å². The van der Waals surface area contributed by atoms with E-state index in [2.05, 4.69) is 10.3 Å². The summed E-state index contributed by atoms with van der Waals surface area (Å²) in [6.45, 7) is 3.91. The molecule has 5 nitrogen and oxygen atoms in total. The van der Waals surface area contributed by atoms with Gasteiger partial charge < -0.3 is 10.2 Å². The third-order valence-corrected chi connectivity index (χ3v) is 6.81. The summed E-state index contributed by atoms with van der Waals surface area (Å²) < 4.78 is 0.723. The Labute approximate surface area is 158 Å². The molecule has 1 saturated carbocycles. The quantitative estimate of drug-likeness (QED) is 0.849. The summed E-state index contributed by atoms with van der Waals surface area (Å²) in [5, 5.41) is 3.97. The molecule has 25 heavy (non-hydrogen) atoms. The Hall–Kier alpha value is -1.14. The average molecular weight is 384 g/mol. The highest BCUT2D eigenvalue weighted by atomic mass is 35.5. The predicted octanol–water partition coefficient (Wildman–Crippen LogP) is 3.19. The lowest BCUT2D eigenvalue weighted by molar-refractivity contribution is -0.139. The third kappa shape index (κ3) is 4.73. The highest BCUT2D eigenvalue weighted by Gasteiger charge is 2.31. The summed E-state index contributed by atoms with van der Waals surface area (Å²) in [4.78, 5) is 31.1. The van der Waals surface area contributed by atoms with Gasteiger partial charge in [-0.15, -0.1) is 11.3 Å². The molecule has 0 radical (unpaired) electrons. The van der Waals surface area contributed by atoms with Gasteiger partial charge in [-0.2, -0.15) is 0 Å². The van der Waals surface area contributed by atoms with E-state index in [1.807, 2.05) is 11.8 Å². The fraction of sp³-hybridized carbons (Fsp3) is 0.722. The fourth-order valence-electron chi connectivity index (χ4n) is 3.77. The largest absolute Gasteiger partial charge is 0.355 e. The highest BCUT2D eigenvalue weighted by molar-refractivity contribution is 7.16. The van der Waals surface area contributed by atoms with Crippen molar-refractivity contribution < 1.29 is 9.59 Å². The molecular weight excluding hydrogens is 358 g/mol. The van der Waals surface area contributed by atoms with E-state index >= 15 is 0 Å². The van der Waals surface area contributed by atoms with Crippen molar-refractivity contribution >= 4 is 34.8 Å². The van der Waals surface area contributed by atoms with Crippen molar-refractivity contribution in [2.24, 2.45) is 11.8 Å². The maximum Gasteiger partial charge on any atom is 0.225 e. The van der Waals surface area contributed by atoms with Gasteiger partial charge in [-0.25, -0.2) is 4.98 Å². The summed E-state index contributed by atoms with van der Waals surface area (Å²) in [7, 11) is 0. The Bertz CT molecular complexity index is 600. The zero-order valence-electron chi connectivity index (χ0n) is 14.7. The second-order valence-electron chi connectivity index (χ2n) is 7.09. The van der Waals surface area contributed by atoms with Crippen LogP contribution in [0.5, 0.6) is 0 Å². The van der Waals surface area contributed by atoms with Crippen LogP contribution < -0.4 is 5.32 Å². The van der Waals surface area contributed by atoms with Gasteiger partial charge in [0.2, 0.25) is 11.8 Å². The number of carbonyl (C=O) groups excluding carboxylic acids is 2. The minimum absolute atomic E-state index is 0.0225. The van der Waals surface area contributed by atoms with Gasteiger partial charge in [-0.1, -0.05) is 24.4 Å². The summed E-state index contributed by atoms with van der Waals surface area (Å²) in [6, 6.07) is 0. The normalized spacial score (nSPS) is 19.4. The van der Waals surface area contributed by atoms with Crippen molar-refractivity contribution in [2.45, 2.75) is 51.9 Å². The van der Waals surface area contributed by atoms with Gasteiger partial charge in [0.05, 0.1) is 10.7 Å². The lowest BCUT2D eigenvalue weighted by Gasteiger charge is -2.33. The van der Waals surface area contributed by atoms with Gasteiger partial charge >= 0.3 is 0 Å². The van der Waals surface area contributed by atoms with Crippen LogP contribution in [-0.4, -0.2) is 41.3 Å². The van der Waals surface area contributed by atoms with Crippen LogP contribution in [0.1, 0.15) is 49.2 Å². The number of hydrogen-bond acceptors (Lipinski definition) is 4. The maximum atomic E-state index is 12.4. The van der Waals surface area contributed by atoms with Crippen LogP contribution in [0, 0.1) is 18.8 Å². The molecule has 3 rings (SSSR count). The lowest BCUT2D eigenvalue weighted by atomic mass is 9.94. The summed E-state index contributed by atoms with van der Waals surface area (Å²) in [5.74, 6) is 0.674. The number of nitrogens with zero attached hydrogens (tertiary/aromatic N) is 2. The van der Waals surface area contributed by atoms with E-state index in [0.29, 0.717) is 32.0 Å².